The van der Waals surface area contributed by atoms with Gasteiger partial charge in [0.25, 0.3) is 11.8 Å². The van der Waals surface area contributed by atoms with Crippen LogP contribution in [0.4, 0.5) is 16.2 Å². The molecule has 3 amide bonds. The number of hydrogen-bond donors (Lipinski definition) is 2. The maximum atomic E-state index is 13.5. The third kappa shape index (κ3) is 5.99. The second kappa shape index (κ2) is 12.5. The van der Waals surface area contributed by atoms with Crippen LogP contribution < -0.4 is 29.2 Å². The Morgan fingerprint density at radius 3 is 2.23 bits per heavy atom. The second-order valence-electron chi connectivity index (χ2n) is 13.6. The molecular weight excluding hydrogens is 620 g/mol. The zero-order valence-electron chi connectivity index (χ0n) is 27.6. The normalized spacial score (nSPS) is 23.0. The molecule has 2 N–H and O–H groups in total. The van der Waals surface area contributed by atoms with Crippen molar-refractivity contribution in [1.29, 1.82) is 0 Å². The number of hydrogen-bond acceptors (Lipinski definition) is 10. The zero-order chi connectivity index (χ0) is 33.6. The number of carbonyl (C=O) groups excluding carboxylic acids is 3. The molecule has 2 spiro atoms. The minimum Gasteiger partial charge on any atom is -0.493 e. The van der Waals surface area contributed by atoms with Crippen LogP contribution >= 0.6 is 0 Å². The summed E-state index contributed by atoms with van der Waals surface area (Å²) in [6, 6.07) is 6.48. The number of amides is 3. The van der Waals surface area contributed by atoms with Crippen molar-refractivity contribution in [3.05, 3.63) is 35.4 Å². The number of carbonyl (C=O) groups is 3. The number of ether oxygens (including phenoxy) is 5. The number of aliphatic hydroxyl groups excluding tert-OH is 1. The molecule has 2 aromatic rings. The Balaban J connectivity index is 1.05. The van der Waals surface area contributed by atoms with Gasteiger partial charge < -0.3 is 39.0 Å². The highest BCUT2D eigenvalue weighted by Gasteiger charge is 2.53. The van der Waals surface area contributed by atoms with Crippen molar-refractivity contribution in [2.75, 3.05) is 52.5 Å². The number of methoxy groups -OCH3 is 3. The monoisotopic (exact) mass is 662 g/mol. The highest BCUT2D eigenvalue weighted by Crippen LogP contribution is 2.55. The average Bonchev–Trinajstić information content (AvgIpc) is 4.01. The van der Waals surface area contributed by atoms with Gasteiger partial charge in [0.15, 0.2) is 23.0 Å². The largest absolute Gasteiger partial charge is 0.493 e. The van der Waals surface area contributed by atoms with E-state index in [-0.39, 0.29) is 58.9 Å². The Morgan fingerprint density at radius 1 is 0.917 bits per heavy atom. The van der Waals surface area contributed by atoms with Crippen molar-refractivity contribution in [3.8, 4) is 23.0 Å². The van der Waals surface area contributed by atoms with E-state index in [0.717, 1.165) is 30.7 Å². The van der Waals surface area contributed by atoms with Gasteiger partial charge in [-0.15, -0.1) is 0 Å². The number of fused-ring (bicyclic) bond motifs is 3. The van der Waals surface area contributed by atoms with Crippen molar-refractivity contribution in [1.82, 2.24) is 10.2 Å². The summed E-state index contributed by atoms with van der Waals surface area (Å²) < 4.78 is 28.3. The highest BCUT2D eigenvalue weighted by molar-refractivity contribution is 6.05. The van der Waals surface area contributed by atoms with E-state index in [4.69, 9.17) is 23.7 Å². The fraction of sp³-hybridized carbons (Fsp3) is 0.543. The molecular formula is C35H42N4O9. The summed E-state index contributed by atoms with van der Waals surface area (Å²) in [6.07, 6.45) is 6.54. The lowest BCUT2D eigenvalue weighted by Gasteiger charge is -2.31. The third-order valence-corrected chi connectivity index (χ3v) is 10.4. The van der Waals surface area contributed by atoms with Crippen molar-refractivity contribution in [3.63, 3.8) is 0 Å². The van der Waals surface area contributed by atoms with Gasteiger partial charge in [-0.05, 0) is 67.9 Å². The molecule has 3 heterocycles. The zero-order valence-corrected chi connectivity index (χ0v) is 27.6. The van der Waals surface area contributed by atoms with Crippen LogP contribution in [0.1, 0.15) is 72.1 Å². The van der Waals surface area contributed by atoms with Crippen LogP contribution in [0.15, 0.2) is 29.3 Å². The highest BCUT2D eigenvalue weighted by atomic mass is 16.5. The number of nitrogens with zero attached hydrogens (tertiary/aromatic N) is 3. The van der Waals surface area contributed by atoms with Crippen LogP contribution in [0.25, 0.3) is 0 Å². The fourth-order valence-electron chi connectivity index (χ4n) is 7.14. The summed E-state index contributed by atoms with van der Waals surface area (Å²) in [5, 5.41) is 14.1. The Bertz CT molecular complexity index is 1650. The number of benzene rings is 2. The topological polar surface area (TPSA) is 148 Å². The Hall–Kier alpha value is -4.52. The molecule has 13 heteroatoms. The summed E-state index contributed by atoms with van der Waals surface area (Å²) >= 11 is 0. The first kappa shape index (κ1) is 32.0. The van der Waals surface area contributed by atoms with Gasteiger partial charge in [-0.1, -0.05) is 0 Å². The number of nitrogens with one attached hydrogen (secondary N) is 1. The predicted molar refractivity (Wildman–Crippen MR) is 175 cm³/mol. The van der Waals surface area contributed by atoms with Crippen molar-refractivity contribution < 1.29 is 43.2 Å². The molecule has 0 aromatic heterocycles. The SMILES string of the molecule is COC(=O)N1c2cc(OCCCOc3cc4c(cc3OC)C(=O)N3CC5(CC5)C[C@H]3C=N4)c(OC)cc2C(=O)NCC2(CCC1O)CC2. The first-order valence-corrected chi connectivity index (χ1v) is 16.6. The van der Waals surface area contributed by atoms with Gasteiger partial charge in [0.2, 0.25) is 0 Å². The van der Waals surface area contributed by atoms with E-state index >= 15 is 0 Å². The second-order valence-corrected chi connectivity index (χ2v) is 13.6. The average molecular weight is 663 g/mol. The lowest BCUT2D eigenvalue weighted by molar-refractivity contribution is 0.0767. The molecule has 2 saturated carbocycles. The van der Waals surface area contributed by atoms with Gasteiger partial charge in [0.05, 0.1) is 63.1 Å². The lowest BCUT2D eigenvalue weighted by atomic mass is 9.97. The van der Waals surface area contributed by atoms with E-state index in [1.165, 1.54) is 46.3 Å². The van der Waals surface area contributed by atoms with Gasteiger partial charge >= 0.3 is 6.09 Å². The smallest absolute Gasteiger partial charge is 0.416 e. The first-order chi connectivity index (χ1) is 23.2. The van der Waals surface area contributed by atoms with E-state index in [9.17, 15) is 19.5 Å². The summed E-state index contributed by atoms with van der Waals surface area (Å²) in [5.74, 6) is 1.07. The molecule has 0 radical (unpaired) electrons. The summed E-state index contributed by atoms with van der Waals surface area (Å²) in [5.41, 5.74) is 1.59. The van der Waals surface area contributed by atoms with Crippen molar-refractivity contribution in [2.24, 2.45) is 15.8 Å². The molecule has 256 valence electrons. The maximum Gasteiger partial charge on any atom is 0.416 e. The van der Waals surface area contributed by atoms with Gasteiger partial charge in [-0.25, -0.2) is 4.79 Å². The maximum absolute atomic E-state index is 13.5. The molecule has 2 aliphatic carbocycles. The molecule has 13 nitrogen and oxygen atoms in total. The molecule has 1 saturated heterocycles. The Kier molecular flexibility index (Phi) is 8.34. The van der Waals surface area contributed by atoms with Gasteiger partial charge in [0, 0.05) is 37.9 Å². The van der Waals surface area contributed by atoms with E-state index < -0.39 is 12.3 Å². The Labute approximate surface area is 279 Å². The number of rotatable bonds is 8. The molecule has 2 aromatic carbocycles. The molecule has 1 unspecified atom stereocenters. The minimum atomic E-state index is -1.20. The fourth-order valence-corrected chi connectivity index (χ4v) is 7.14. The summed E-state index contributed by atoms with van der Waals surface area (Å²) in [7, 11) is 4.23. The van der Waals surface area contributed by atoms with E-state index in [2.05, 4.69) is 10.3 Å². The quantitative estimate of drug-likeness (QED) is 0.391. The number of anilines is 1. The standard InChI is InChI=1S/C35H42N4O9/c1-44-26-13-22-24(36-18-21-17-35(9-10-35)20-38(21)32(22)42)15-28(26)47-11-4-12-48-29-16-25-23(14-27(29)45-2)31(41)37-19-34(7-8-34)6-5-30(40)39(25)33(43)46-3/h13-16,18,21,30,40H,4-12,17,19-20H2,1-3H3,(H,37,41)/t21-,30?/m0/s1. The molecule has 7 rings (SSSR count). The minimum absolute atomic E-state index is 0.00968. The van der Waals surface area contributed by atoms with Gasteiger partial charge in [-0.3, -0.25) is 19.5 Å². The molecule has 3 aliphatic heterocycles. The van der Waals surface area contributed by atoms with E-state index in [1.807, 2.05) is 11.1 Å². The van der Waals surface area contributed by atoms with Crippen LogP contribution in [0.3, 0.4) is 0 Å². The van der Waals surface area contributed by atoms with Crippen LogP contribution in [0, 0.1) is 10.8 Å². The molecule has 2 atom stereocenters. The molecule has 0 bridgehead atoms. The number of aliphatic imine (C=N–C) groups is 1. The first-order valence-electron chi connectivity index (χ1n) is 16.6. The predicted octanol–water partition coefficient (Wildman–Crippen LogP) is 4.46. The van der Waals surface area contributed by atoms with Crippen molar-refractivity contribution >= 4 is 35.5 Å². The Morgan fingerprint density at radius 2 is 1.58 bits per heavy atom. The third-order valence-electron chi connectivity index (χ3n) is 10.4. The van der Waals surface area contributed by atoms with Gasteiger partial charge in [-0.2, -0.15) is 0 Å². The summed E-state index contributed by atoms with van der Waals surface area (Å²) in [4.78, 5) is 47.4. The van der Waals surface area contributed by atoms with E-state index in [1.54, 1.807) is 12.1 Å². The lowest BCUT2D eigenvalue weighted by Crippen LogP contribution is -2.44. The molecule has 48 heavy (non-hydrogen) atoms. The van der Waals surface area contributed by atoms with Crippen LogP contribution in [0.2, 0.25) is 0 Å². The molecule has 5 aliphatic rings. The molecule has 3 fully saturated rings. The van der Waals surface area contributed by atoms with Crippen molar-refractivity contribution in [2.45, 2.75) is 63.6 Å². The van der Waals surface area contributed by atoms with Gasteiger partial charge in [0.1, 0.15) is 6.23 Å². The van der Waals surface area contributed by atoms with Crippen LogP contribution in [-0.4, -0.2) is 94.0 Å². The van der Waals surface area contributed by atoms with Crippen LogP contribution in [0.5, 0.6) is 23.0 Å². The van der Waals surface area contributed by atoms with E-state index in [0.29, 0.717) is 54.3 Å². The van der Waals surface area contributed by atoms with Crippen LogP contribution in [-0.2, 0) is 4.74 Å². The summed E-state index contributed by atoms with van der Waals surface area (Å²) in [6.45, 7) is 1.72. The number of aliphatic hydroxyl groups is 1.